The van der Waals surface area contributed by atoms with E-state index >= 15 is 0 Å². The largest absolute Gasteiger partial charge is 0.489 e. The fraction of sp³-hybridized carbons (Fsp3) is 0.375. The molecule has 32 heavy (non-hydrogen) atoms. The minimum absolute atomic E-state index is 0.163. The van der Waals surface area contributed by atoms with Crippen molar-refractivity contribution in [2.24, 2.45) is 0 Å². The molecule has 1 saturated heterocycles. The number of ether oxygens (including phenoxy) is 1. The molecule has 0 radical (unpaired) electrons. The quantitative estimate of drug-likeness (QED) is 0.553. The lowest BCUT2D eigenvalue weighted by Crippen LogP contribution is -2.39. The highest BCUT2D eigenvalue weighted by molar-refractivity contribution is 6.12. The van der Waals surface area contributed by atoms with Gasteiger partial charge in [0, 0.05) is 50.0 Å². The summed E-state index contributed by atoms with van der Waals surface area (Å²) in [6.45, 7) is 4.11. The summed E-state index contributed by atoms with van der Waals surface area (Å²) < 4.78 is 52.9. The molecule has 170 valence electrons. The summed E-state index contributed by atoms with van der Waals surface area (Å²) in [7, 11) is 1.52. The van der Waals surface area contributed by atoms with Crippen molar-refractivity contribution in [3.05, 3.63) is 47.8 Å². The average Bonchev–Trinajstić information content (AvgIpc) is 3.11. The first-order valence-electron chi connectivity index (χ1n) is 10.6. The van der Waals surface area contributed by atoms with Crippen LogP contribution in [0.4, 0.5) is 18.9 Å². The molecule has 0 atom stereocenters. The zero-order valence-electron chi connectivity index (χ0n) is 18.2. The maximum Gasteiger partial charge on any atom is 0.255 e. The molecule has 8 heteroatoms. The molecule has 5 nitrogen and oxygen atoms in total. The standard InChI is InChI=1S/C24H25F3N2O3/c1-14(2)31-20-12-17-19(13-18(20)29-10-8-24(26,27)9-11-29)32-22(21(17)23(30)28-3)15-4-6-16(25)7-5-15/h4-7,12-14H,8-11H2,1-3H3,(H,28,30). The number of alkyl halides is 2. The average molecular weight is 446 g/mol. The molecule has 1 amide bonds. The van der Waals surface area contributed by atoms with Gasteiger partial charge in [0.25, 0.3) is 11.8 Å². The molecule has 0 spiro atoms. The van der Waals surface area contributed by atoms with Crippen molar-refractivity contribution in [1.29, 1.82) is 0 Å². The summed E-state index contributed by atoms with van der Waals surface area (Å²) in [5.74, 6) is -2.63. The lowest BCUT2D eigenvalue weighted by molar-refractivity contribution is -0.0221. The summed E-state index contributed by atoms with van der Waals surface area (Å²) in [6, 6.07) is 9.12. The van der Waals surface area contributed by atoms with Crippen LogP contribution in [0.25, 0.3) is 22.3 Å². The van der Waals surface area contributed by atoms with Crippen molar-refractivity contribution in [3.8, 4) is 17.1 Å². The molecule has 0 saturated carbocycles. The number of nitrogens with zero attached hydrogens (tertiary/aromatic N) is 1. The number of carbonyl (C=O) groups is 1. The maximum atomic E-state index is 13.7. The van der Waals surface area contributed by atoms with Crippen LogP contribution in [-0.2, 0) is 0 Å². The smallest absolute Gasteiger partial charge is 0.255 e. The van der Waals surface area contributed by atoms with Gasteiger partial charge in [0.2, 0.25) is 0 Å². The van der Waals surface area contributed by atoms with E-state index < -0.39 is 11.7 Å². The molecule has 0 unspecified atom stereocenters. The Morgan fingerprint density at radius 2 is 1.81 bits per heavy atom. The SMILES string of the molecule is CNC(=O)c1c(-c2ccc(F)cc2)oc2cc(N3CCC(F)(F)CC3)c(OC(C)C)cc12. The highest BCUT2D eigenvalue weighted by Crippen LogP contribution is 2.42. The van der Waals surface area contributed by atoms with Gasteiger partial charge in [-0.1, -0.05) is 0 Å². The molecule has 1 N–H and O–H groups in total. The van der Waals surface area contributed by atoms with Gasteiger partial charge in [-0.3, -0.25) is 4.79 Å². The van der Waals surface area contributed by atoms with E-state index in [1.54, 1.807) is 24.3 Å². The minimum atomic E-state index is -2.67. The molecule has 0 bridgehead atoms. The van der Waals surface area contributed by atoms with Gasteiger partial charge < -0.3 is 19.4 Å². The number of amides is 1. The molecule has 0 aliphatic carbocycles. The summed E-state index contributed by atoms with van der Waals surface area (Å²) in [6.07, 6.45) is -0.646. The van der Waals surface area contributed by atoms with Crippen molar-refractivity contribution in [3.63, 3.8) is 0 Å². The summed E-state index contributed by atoms with van der Waals surface area (Å²) >= 11 is 0. The number of fused-ring (bicyclic) bond motifs is 1. The lowest BCUT2D eigenvalue weighted by Gasteiger charge is -2.34. The van der Waals surface area contributed by atoms with Gasteiger partial charge in [-0.05, 0) is 44.2 Å². The highest BCUT2D eigenvalue weighted by atomic mass is 19.3. The second kappa shape index (κ2) is 8.41. The molecular formula is C24H25F3N2O3. The Hall–Kier alpha value is -3.16. The molecule has 2 aromatic carbocycles. The Labute approximate surface area is 184 Å². The molecular weight excluding hydrogens is 421 g/mol. The predicted molar refractivity (Wildman–Crippen MR) is 117 cm³/mol. The van der Waals surface area contributed by atoms with E-state index in [1.807, 2.05) is 18.7 Å². The number of nitrogens with one attached hydrogen (secondary N) is 1. The van der Waals surface area contributed by atoms with Crippen molar-refractivity contribution >= 4 is 22.6 Å². The first-order chi connectivity index (χ1) is 15.2. The first-order valence-corrected chi connectivity index (χ1v) is 10.6. The third-order valence-electron chi connectivity index (χ3n) is 5.53. The Morgan fingerprint density at radius 1 is 1.16 bits per heavy atom. The zero-order chi connectivity index (χ0) is 23.0. The summed E-state index contributed by atoms with van der Waals surface area (Å²) in [5, 5.41) is 3.15. The van der Waals surface area contributed by atoms with Crippen LogP contribution >= 0.6 is 0 Å². The fourth-order valence-corrected chi connectivity index (χ4v) is 3.94. The normalized spacial score (nSPS) is 15.9. The van der Waals surface area contributed by atoms with Crippen LogP contribution in [-0.4, -0.2) is 38.1 Å². The number of carbonyl (C=O) groups excluding carboxylic acids is 1. The van der Waals surface area contributed by atoms with E-state index in [0.29, 0.717) is 39.3 Å². The van der Waals surface area contributed by atoms with Gasteiger partial charge in [-0.15, -0.1) is 0 Å². The van der Waals surface area contributed by atoms with Gasteiger partial charge >= 0.3 is 0 Å². The van der Waals surface area contributed by atoms with Gasteiger partial charge in [-0.25, -0.2) is 13.2 Å². The van der Waals surface area contributed by atoms with E-state index in [0.717, 1.165) is 0 Å². The van der Waals surface area contributed by atoms with Crippen LogP contribution in [0.1, 0.15) is 37.0 Å². The number of benzene rings is 2. The molecule has 1 fully saturated rings. The van der Waals surface area contributed by atoms with Crippen LogP contribution in [0, 0.1) is 5.82 Å². The molecule has 1 aromatic heterocycles. The van der Waals surface area contributed by atoms with Crippen LogP contribution in [0.5, 0.6) is 5.75 Å². The lowest BCUT2D eigenvalue weighted by atomic mass is 10.0. The maximum absolute atomic E-state index is 13.7. The van der Waals surface area contributed by atoms with Crippen molar-refractivity contribution in [2.45, 2.75) is 38.7 Å². The Balaban J connectivity index is 1.88. The van der Waals surface area contributed by atoms with Crippen molar-refractivity contribution in [1.82, 2.24) is 5.32 Å². The number of anilines is 1. The highest BCUT2D eigenvalue weighted by Gasteiger charge is 2.35. The van der Waals surface area contributed by atoms with Crippen molar-refractivity contribution < 1.29 is 27.1 Å². The monoisotopic (exact) mass is 446 g/mol. The first kappa shape index (κ1) is 22.0. The minimum Gasteiger partial charge on any atom is -0.489 e. The van der Waals surface area contributed by atoms with Crippen LogP contribution < -0.4 is 15.0 Å². The Bertz CT molecular complexity index is 1130. The van der Waals surface area contributed by atoms with E-state index in [1.165, 1.54) is 19.2 Å². The van der Waals surface area contributed by atoms with E-state index in [2.05, 4.69) is 5.32 Å². The predicted octanol–water partition coefficient (Wildman–Crippen LogP) is 5.62. The second-order valence-electron chi connectivity index (χ2n) is 8.22. The van der Waals surface area contributed by atoms with Crippen molar-refractivity contribution in [2.75, 3.05) is 25.0 Å². The molecule has 1 aliphatic rings. The van der Waals surface area contributed by atoms with Crippen LogP contribution in [0.15, 0.2) is 40.8 Å². The number of furan rings is 1. The third-order valence-corrected chi connectivity index (χ3v) is 5.53. The van der Waals surface area contributed by atoms with Crippen LogP contribution in [0.2, 0.25) is 0 Å². The number of halogens is 3. The number of rotatable bonds is 5. The second-order valence-corrected chi connectivity index (χ2v) is 8.22. The summed E-state index contributed by atoms with van der Waals surface area (Å²) in [5.41, 5.74) is 1.92. The van der Waals surface area contributed by atoms with Gasteiger partial charge in [0.05, 0.1) is 17.4 Å². The van der Waals surface area contributed by atoms with E-state index in [-0.39, 0.29) is 37.9 Å². The van der Waals surface area contributed by atoms with Gasteiger partial charge in [0.15, 0.2) is 0 Å². The fourth-order valence-electron chi connectivity index (χ4n) is 3.94. The van der Waals surface area contributed by atoms with Gasteiger partial charge in [0.1, 0.15) is 22.9 Å². The van der Waals surface area contributed by atoms with E-state index in [9.17, 15) is 18.0 Å². The molecule has 1 aliphatic heterocycles. The molecule has 3 aromatic rings. The molecule has 4 rings (SSSR count). The van der Waals surface area contributed by atoms with Gasteiger partial charge in [-0.2, -0.15) is 0 Å². The third kappa shape index (κ3) is 4.26. The molecule has 2 heterocycles. The topological polar surface area (TPSA) is 54.7 Å². The van der Waals surface area contributed by atoms with E-state index in [4.69, 9.17) is 9.15 Å². The Kier molecular flexibility index (Phi) is 5.79. The zero-order valence-corrected chi connectivity index (χ0v) is 18.2. The number of piperidine rings is 1. The number of hydrogen-bond acceptors (Lipinski definition) is 4. The number of hydrogen-bond donors (Lipinski definition) is 1. The van der Waals surface area contributed by atoms with Crippen LogP contribution in [0.3, 0.4) is 0 Å². The summed E-state index contributed by atoms with van der Waals surface area (Å²) in [4.78, 5) is 14.6. The Morgan fingerprint density at radius 3 is 2.41 bits per heavy atom.